The number of rotatable bonds is 6. The molecule has 0 saturated carbocycles. The van der Waals surface area contributed by atoms with Crippen molar-refractivity contribution >= 4 is 11.6 Å². The fourth-order valence-corrected chi connectivity index (χ4v) is 2.59. The van der Waals surface area contributed by atoms with Gasteiger partial charge in [0.25, 0.3) is 0 Å². The summed E-state index contributed by atoms with van der Waals surface area (Å²) in [7, 11) is 3.26. The number of hydrogen-bond acceptors (Lipinski definition) is 5. The highest BCUT2D eigenvalue weighted by Gasteiger charge is 2.11. The molecule has 0 saturated heterocycles. The first-order chi connectivity index (χ1) is 11.7. The van der Waals surface area contributed by atoms with Crippen molar-refractivity contribution in [2.24, 2.45) is 0 Å². The number of benzene rings is 2. The first kappa shape index (κ1) is 16.3. The molecule has 0 atom stereocenters. The average molecular weight is 345 g/mol. The van der Waals surface area contributed by atoms with Gasteiger partial charge in [-0.05, 0) is 35.9 Å². The number of nitrogens with zero attached hydrogens (tertiary/aromatic N) is 2. The molecule has 0 aliphatic rings. The summed E-state index contributed by atoms with van der Waals surface area (Å²) in [5, 5.41) is 8.86. The van der Waals surface area contributed by atoms with Crippen LogP contribution in [-0.2, 0) is 12.8 Å². The molecule has 0 N–H and O–H groups in total. The zero-order valence-electron chi connectivity index (χ0n) is 13.5. The molecule has 0 radical (unpaired) electrons. The van der Waals surface area contributed by atoms with Crippen molar-refractivity contribution in [1.82, 2.24) is 10.2 Å². The minimum atomic E-state index is 0.472. The van der Waals surface area contributed by atoms with Crippen LogP contribution in [0.15, 0.2) is 46.9 Å². The van der Waals surface area contributed by atoms with E-state index in [1.807, 2.05) is 36.4 Å². The van der Waals surface area contributed by atoms with E-state index >= 15 is 0 Å². The topological polar surface area (TPSA) is 57.4 Å². The van der Waals surface area contributed by atoms with Crippen LogP contribution in [0.5, 0.6) is 11.5 Å². The van der Waals surface area contributed by atoms with E-state index < -0.39 is 0 Å². The lowest BCUT2D eigenvalue weighted by atomic mass is 10.1. The molecule has 1 aromatic heterocycles. The van der Waals surface area contributed by atoms with E-state index in [9.17, 15) is 0 Å². The molecule has 6 heteroatoms. The molecule has 3 rings (SSSR count). The second-order valence-corrected chi connectivity index (χ2v) is 5.68. The molecule has 3 aromatic rings. The van der Waals surface area contributed by atoms with E-state index in [2.05, 4.69) is 10.2 Å². The molecule has 124 valence electrons. The summed E-state index contributed by atoms with van der Waals surface area (Å²) in [4.78, 5) is 0. The summed E-state index contributed by atoms with van der Waals surface area (Å²) >= 11 is 6.04. The number of halogens is 1. The SMILES string of the molecule is COc1ccc(Cc2nnc(Cc3cc(Cl)ccc3OC)o2)cc1. The van der Waals surface area contributed by atoms with Gasteiger partial charge in [-0.2, -0.15) is 0 Å². The molecule has 0 aliphatic heterocycles. The quantitative estimate of drug-likeness (QED) is 0.678. The lowest BCUT2D eigenvalue weighted by molar-refractivity contribution is 0.406. The van der Waals surface area contributed by atoms with E-state index in [0.29, 0.717) is 29.6 Å². The first-order valence-corrected chi connectivity index (χ1v) is 7.82. The van der Waals surface area contributed by atoms with Crippen molar-refractivity contribution in [1.29, 1.82) is 0 Å². The minimum absolute atomic E-state index is 0.472. The van der Waals surface area contributed by atoms with Gasteiger partial charge in [0.1, 0.15) is 11.5 Å². The van der Waals surface area contributed by atoms with E-state index in [4.69, 9.17) is 25.5 Å². The molecule has 0 bridgehead atoms. The van der Waals surface area contributed by atoms with Gasteiger partial charge in [0.05, 0.1) is 27.1 Å². The van der Waals surface area contributed by atoms with Crippen LogP contribution in [0, 0.1) is 0 Å². The van der Waals surface area contributed by atoms with Gasteiger partial charge in [-0.3, -0.25) is 0 Å². The molecular weight excluding hydrogens is 328 g/mol. The Labute approximate surface area is 145 Å². The molecule has 0 amide bonds. The van der Waals surface area contributed by atoms with Crippen LogP contribution in [0.4, 0.5) is 0 Å². The molecular formula is C18H17ClN2O3. The minimum Gasteiger partial charge on any atom is -0.497 e. The van der Waals surface area contributed by atoms with Gasteiger partial charge >= 0.3 is 0 Å². The van der Waals surface area contributed by atoms with Gasteiger partial charge in [0.15, 0.2) is 0 Å². The highest BCUT2D eigenvalue weighted by Crippen LogP contribution is 2.25. The van der Waals surface area contributed by atoms with Crippen LogP contribution in [-0.4, -0.2) is 24.4 Å². The Hall–Kier alpha value is -2.53. The van der Waals surface area contributed by atoms with Crippen LogP contribution in [0.25, 0.3) is 0 Å². The van der Waals surface area contributed by atoms with Crippen molar-refractivity contribution < 1.29 is 13.9 Å². The summed E-state index contributed by atoms with van der Waals surface area (Å²) in [5.74, 6) is 2.66. The van der Waals surface area contributed by atoms with Crippen molar-refractivity contribution in [3.05, 3.63) is 70.4 Å². The zero-order chi connectivity index (χ0) is 16.9. The molecule has 0 aliphatic carbocycles. The number of ether oxygens (including phenoxy) is 2. The normalized spacial score (nSPS) is 10.6. The molecule has 1 heterocycles. The van der Waals surface area contributed by atoms with Crippen LogP contribution in [0.2, 0.25) is 5.02 Å². The summed E-state index contributed by atoms with van der Waals surface area (Å²) in [6, 6.07) is 13.2. The molecule has 0 spiro atoms. The zero-order valence-corrected chi connectivity index (χ0v) is 14.2. The van der Waals surface area contributed by atoms with Crippen molar-refractivity contribution in [3.8, 4) is 11.5 Å². The maximum Gasteiger partial charge on any atom is 0.221 e. The standard InChI is InChI=1S/C18H17ClN2O3/c1-22-15-6-3-12(4-7-15)9-17-20-21-18(24-17)11-13-10-14(19)5-8-16(13)23-2/h3-8,10H,9,11H2,1-2H3. The summed E-state index contributed by atoms with van der Waals surface area (Å²) in [6.45, 7) is 0. The molecule has 24 heavy (non-hydrogen) atoms. The van der Waals surface area contributed by atoms with Crippen molar-refractivity contribution in [2.75, 3.05) is 14.2 Å². The Balaban J connectivity index is 1.72. The Kier molecular flexibility index (Phi) is 5.01. The second kappa shape index (κ2) is 7.36. The fraction of sp³-hybridized carbons (Fsp3) is 0.222. The Morgan fingerprint density at radius 1 is 0.917 bits per heavy atom. The van der Waals surface area contributed by atoms with E-state index in [1.165, 1.54) is 0 Å². The van der Waals surface area contributed by atoms with Crippen LogP contribution >= 0.6 is 11.6 Å². The third-order valence-electron chi connectivity index (χ3n) is 3.61. The predicted octanol–water partition coefficient (Wildman–Crippen LogP) is 3.92. The third kappa shape index (κ3) is 3.86. The summed E-state index contributed by atoms with van der Waals surface area (Å²) in [5.41, 5.74) is 1.98. The van der Waals surface area contributed by atoms with Gasteiger partial charge in [0, 0.05) is 10.6 Å². The van der Waals surface area contributed by atoms with E-state index in [0.717, 1.165) is 22.6 Å². The predicted molar refractivity (Wildman–Crippen MR) is 90.9 cm³/mol. The lowest BCUT2D eigenvalue weighted by Gasteiger charge is -2.06. The summed E-state index contributed by atoms with van der Waals surface area (Å²) in [6.07, 6.45) is 1.04. The second-order valence-electron chi connectivity index (χ2n) is 5.25. The molecule has 5 nitrogen and oxygen atoms in total. The largest absolute Gasteiger partial charge is 0.497 e. The maximum atomic E-state index is 6.04. The van der Waals surface area contributed by atoms with Gasteiger partial charge in [-0.1, -0.05) is 23.7 Å². The van der Waals surface area contributed by atoms with E-state index in [-0.39, 0.29) is 0 Å². The van der Waals surface area contributed by atoms with Gasteiger partial charge < -0.3 is 13.9 Å². The Morgan fingerprint density at radius 2 is 1.62 bits per heavy atom. The number of methoxy groups -OCH3 is 2. The maximum absolute atomic E-state index is 6.04. The van der Waals surface area contributed by atoms with Gasteiger partial charge in [0.2, 0.25) is 11.8 Å². The van der Waals surface area contributed by atoms with E-state index in [1.54, 1.807) is 20.3 Å². The molecule has 2 aromatic carbocycles. The molecule has 0 unspecified atom stereocenters. The third-order valence-corrected chi connectivity index (χ3v) is 3.84. The molecule has 0 fully saturated rings. The Morgan fingerprint density at radius 3 is 2.29 bits per heavy atom. The van der Waals surface area contributed by atoms with Crippen molar-refractivity contribution in [3.63, 3.8) is 0 Å². The van der Waals surface area contributed by atoms with Crippen LogP contribution in [0.1, 0.15) is 22.9 Å². The van der Waals surface area contributed by atoms with Gasteiger partial charge in [-0.25, -0.2) is 0 Å². The van der Waals surface area contributed by atoms with Gasteiger partial charge in [-0.15, -0.1) is 10.2 Å². The monoisotopic (exact) mass is 344 g/mol. The smallest absolute Gasteiger partial charge is 0.221 e. The van der Waals surface area contributed by atoms with Crippen molar-refractivity contribution in [2.45, 2.75) is 12.8 Å². The first-order valence-electron chi connectivity index (χ1n) is 7.44. The Bertz CT molecular complexity index is 815. The highest BCUT2D eigenvalue weighted by atomic mass is 35.5. The van der Waals surface area contributed by atoms with Crippen LogP contribution < -0.4 is 9.47 Å². The summed E-state index contributed by atoms with van der Waals surface area (Å²) < 4.78 is 16.2. The fourth-order valence-electron chi connectivity index (χ4n) is 2.40. The van der Waals surface area contributed by atoms with Crippen LogP contribution in [0.3, 0.4) is 0 Å². The number of aromatic nitrogens is 2. The highest BCUT2D eigenvalue weighted by molar-refractivity contribution is 6.30. The average Bonchev–Trinajstić information content (AvgIpc) is 3.03. The number of hydrogen-bond donors (Lipinski definition) is 0. The lowest BCUT2D eigenvalue weighted by Crippen LogP contribution is -1.94.